The van der Waals surface area contributed by atoms with Crippen LogP contribution in [0.4, 0.5) is 5.69 Å². The van der Waals surface area contributed by atoms with E-state index in [1.54, 1.807) is 18.2 Å². The van der Waals surface area contributed by atoms with Gasteiger partial charge in [0.1, 0.15) is 28.9 Å². The summed E-state index contributed by atoms with van der Waals surface area (Å²) in [6.07, 6.45) is 0. The van der Waals surface area contributed by atoms with E-state index < -0.39 is 29.0 Å². The van der Waals surface area contributed by atoms with Crippen LogP contribution in [-0.4, -0.2) is 41.7 Å². The van der Waals surface area contributed by atoms with Gasteiger partial charge in [-0.15, -0.1) is 0 Å². The summed E-state index contributed by atoms with van der Waals surface area (Å²) < 4.78 is 10.3. The van der Waals surface area contributed by atoms with E-state index in [1.165, 1.54) is 32.4 Å². The fraction of sp³-hybridized carbons (Fsp3) is 0.190. The predicted octanol–water partition coefficient (Wildman–Crippen LogP) is 2.47. The van der Waals surface area contributed by atoms with Crippen LogP contribution in [0.2, 0.25) is 5.02 Å². The average Bonchev–Trinajstić information content (AvgIpc) is 2.73. The summed E-state index contributed by atoms with van der Waals surface area (Å²) >= 11 is 5.91. The van der Waals surface area contributed by atoms with Crippen molar-refractivity contribution in [1.82, 2.24) is 9.97 Å². The van der Waals surface area contributed by atoms with Crippen molar-refractivity contribution in [2.45, 2.75) is 12.8 Å². The largest absolute Gasteiger partial charge is 0.497 e. The Hall–Kier alpha value is -3.72. The monoisotopic (exact) mass is 443 g/mol. The van der Waals surface area contributed by atoms with Crippen LogP contribution in [0.25, 0.3) is 11.0 Å². The molecule has 0 radical (unpaired) electrons. The minimum Gasteiger partial charge on any atom is -0.497 e. The van der Waals surface area contributed by atoms with E-state index in [0.29, 0.717) is 21.8 Å². The molecular formula is C21H18ClN3O6. The molecule has 3 aromatic rings. The number of anilines is 1. The standard InChI is InChI=1S/C21H18ClN3O6/c1-10(26)17(18-20(28)24-14-8-11(22)4-6-13(14)23-18)19(27)21(29)25-15-9-12(30-2)5-7-16(15)31-3/h4-9,17H,1-3H3,(H,24,28)(H,25,29)/t17-/m1/s1. The minimum atomic E-state index is -1.68. The smallest absolute Gasteiger partial charge is 0.293 e. The molecule has 2 aromatic carbocycles. The van der Waals surface area contributed by atoms with Gasteiger partial charge in [0.25, 0.3) is 11.5 Å². The molecule has 160 valence electrons. The van der Waals surface area contributed by atoms with Crippen molar-refractivity contribution in [2.24, 2.45) is 0 Å². The van der Waals surface area contributed by atoms with E-state index in [9.17, 15) is 19.2 Å². The zero-order chi connectivity index (χ0) is 22.7. The molecule has 0 spiro atoms. The normalized spacial score (nSPS) is 11.6. The molecule has 0 saturated heterocycles. The number of halogens is 1. The van der Waals surface area contributed by atoms with Gasteiger partial charge in [0.15, 0.2) is 0 Å². The Bertz CT molecular complexity index is 1250. The first-order valence-electron chi connectivity index (χ1n) is 9.02. The van der Waals surface area contributed by atoms with Crippen LogP contribution in [0, 0.1) is 0 Å². The summed E-state index contributed by atoms with van der Waals surface area (Å²) in [6, 6.07) is 9.17. The summed E-state index contributed by atoms with van der Waals surface area (Å²) in [5.41, 5.74) is -0.331. The number of rotatable bonds is 7. The number of nitrogens with one attached hydrogen (secondary N) is 2. The van der Waals surface area contributed by atoms with Gasteiger partial charge in [-0.05, 0) is 37.3 Å². The molecule has 1 amide bonds. The molecule has 1 heterocycles. The molecule has 0 aliphatic rings. The first-order valence-corrected chi connectivity index (χ1v) is 9.40. The third kappa shape index (κ3) is 4.56. The number of Topliss-reactive ketones (excluding diaryl/α,β-unsaturated/α-hetero) is 2. The number of aromatic nitrogens is 2. The van der Waals surface area contributed by atoms with Crippen molar-refractivity contribution < 1.29 is 23.9 Å². The van der Waals surface area contributed by atoms with Crippen molar-refractivity contribution in [2.75, 3.05) is 19.5 Å². The van der Waals surface area contributed by atoms with Crippen molar-refractivity contribution in [3.8, 4) is 11.5 Å². The van der Waals surface area contributed by atoms with Gasteiger partial charge < -0.3 is 19.8 Å². The first-order chi connectivity index (χ1) is 14.7. The second-order valence-corrected chi connectivity index (χ2v) is 6.98. The molecule has 2 N–H and O–H groups in total. The number of fused-ring (bicyclic) bond motifs is 1. The Morgan fingerprint density at radius 3 is 2.48 bits per heavy atom. The second kappa shape index (κ2) is 8.97. The fourth-order valence-corrected chi connectivity index (χ4v) is 3.17. The van der Waals surface area contributed by atoms with Gasteiger partial charge in [-0.3, -0.25) is 19.2 Å². The van der Waals surface area contributed by atoms with Crippen LogP contribution >= 0.6 is 11.6 Å². The number of carbonyl (C=O) groups is 3. The van der Waals surface area contributed by atoms with E-state index in [2.05, 4.69) is 15.3 Å². The Morgan fingerprint density at radius 2 is 1.84 bits per heavy atom. The molecule has 0 saturated carbocycles. The number of ketones is 2. The number of nitrogens with zero attached hydrogens (tertiary/aromatic N) is 1. The molecule has 0 unspecified atom stereocenters. The quantitative estimate of drug-likeness (QED) is 0.424. The molecule has 0 bridgehead atoms. The lowest BCUT2D eigenvalue weighted by Gasteiger charge is -2.14. The highest BCUT2D eigenvalue weighted by molar-refractivity contribution is 6.46. The van der Waals surface area contributed by atoms with E-state index in [4.69, 9.17) is 21.1 Å². The Morgan fingerprint density at radius 1 is 1.10 bits per heavy atom. The number of hydrogen-bond acceptors (Lipinski definition) is 7. The number of ether oxygens (including phenoxy) is 2. The van der Waals surface area contributed by atoms with Crippen molar-refractivity contribution >= 4 is 45.8 Å². The molecule has 1 aromatic heterocycles. The van der Waals surface area contributed by atoms with Crippen molar-refractivity contribution in [3.05, 3.63) is 57.5 Å². The van der Waals surface area contributed by atoms with Gasteiger partial charge in [0, 0.05) is 11.1 Å². The lowest BCUT2D eigenvalue weighted by atomic mass is 9.95. The molecule has 0 aliphatic carbocycles. The maximum Gasteiger partial charge on any atom is 0.293 e. The summed E-state index contributed by atoms with van der Waals surface area (Å²) in [6.45, 7) is 1.11. The molecule has 0 fully saturated rings. The van der Waals surface area contributed by atoms with Gasteiger partial charge in [0.05, 0.1) is 30.9 Å². The number of hydrogen-bond donors (Lipinski definition) is 2. The highest BCUT2D eigenvalue weighted by Gasteiger charge is 2.34. The van der Waals surface area contributed by atoms with Crippen LogP contribution in [0.5, 0.6) is 11.5 Å². The SMILES string of the molecule is COc1ccc(OC)c(NC(=O)C(=O)[C@H](C(C)=O)c2nc3ccc(Cl)cc3[nH]c2=O)c1. The lowest BCUT2D eigenvalue weighted by molar-refractivity contribution is -0.138. The average molecular weight is 444 g/mol. The number of aromatic amines is 1. The molecule has 10 heteroatoms. The molecule has 9 nitrogen and oxygen atoms in total. The van der Waals surface area contributed by atoms with E-state index >= 15 is 0 Å². The van der Waals surface area contributed by atoms with E-state index in [0.717, 1.165) is 6.92 Å². The van der Waals surface area contributed by atoms with Crippen LogP contribution in [0.15, 0.2) is 41.2 Å². The van der Waals surface area contributed by atoms with Crippen LogP contribution < -0.4 is 20.3 Å². The molecular weight excluding hydrogens is 426 g/mol. The Labute approximate surface area is 181 Å². The lowest BCUT2D eigenvalue weighted by Crippen LogP contribution is -2.35. The molecule has 0 aliphatic heterocycles. The van der Waals surface area contributed by atoms with Crippen LogP contribution in [0.1, 0.15) is 18.5 Å². The number of benzene rings is 2. The second-order valence-electron chi connectivity index (χ2n) is 6.54. The predicted molar refractivity (Wildman–Crippen MR) is 114 cm³/mol. The maximum absolute atomic E-state index is 12.9. The summed E-state index contributed by atoms with van der Waals surface area (Å²) in [5, 5.41) is 2.78. The zero-order valence-corrected chi connectivity index (χ0v) is 17.6. The number of methoxy groups -OCH3 is 2. The third-order valence-corrected chi connectivity index (χ3v) is 4.74. The number of amides is 1. The Balaban J connectivity index is 1.98. The topological polar surface area (TPSA) is 127 Å². The fourth-order valence-electron chi connectivity index (χ4n) is 3.00. The molecule has 31 heavy (non-hydrogen) atoms. The number of carbonyl (C=O) groups excluding carboxylic acids is 3. The van der Waals surface area contributed by atoms with Gasteiger partial charge in [-0.2, -0.15) is 0 Å². The van der Waals surface area contributed by atoms with Crippen molar-refractivity contribution in [1.29, 1.82) is 0 Å². The number of H-pyrrole nitrogens is 1. The van der Waals surface area contributed by atoms with Crippen LogP contribution in [0.3, 0.4) is 0 Å². The molecule has 3 rings (SSSR count). The minimum absolute atomic E-state index is 0.164. The van der Waals surface area contributed by atoms with Gasteiger partial charge in [0.2, 0.25) is 5.78 Å². The van der Waals surface area contributed by atoms with E-state index in [-0.39, 0.29) is 17.1 Å². The summed E-state index contributed by atoms with van der Waals surface area (Å²) in [4.78, 5) is 57.0. The summed E-state index contributed by atoms with van der Waals surface area (Å²) in [7, 11) is 2.83. The van der Waals surface area contributed by atoms with Crippen LogP contribution in [-0.2, 0) is 14.4 Å². The van der Waals surface area contributed by atoms with E-state index in [1.807, 2.05) is 0 Å². The first kappa shape index (κ1) is 22.0. The zero-order valence-electron chi connectivity index (χ0n) is 16.8. The maximum atomic E-state index is 12.9. The van der Waals surface area contributed by atoms with Gasteiger partial charge >= 0.3 is 0 Å². The Kier molecular flexibility index (Phi) is 6.36. The van der Waals surface area contributed by atoms with Crippen molar-refractivity contribution in [3.63, 3.8) is 0 Å². The third-order valence-electron chi connectivity index (χ3n) is 4.50. The van der Waals surface area contributed by atoms with Gasteiger partial charge in [-0.1, -0.05) is 11.6 Å². The molecule has 1 atom stereocenters. The summed E-state index contributed by atoms with van der Waals surface area (Å²) in [5.74, 6) is -3.94. The highest BCUT2D eigenvalue weighted by Crippen LogP contribution is 2.29. The highest BCUT2D eigenvalue weighted by atomic mass is 35.5. The van der Waals surface area contributed by atoms with Gasteiger partial charge in [-0.25, -0.2) is 4.98 Å².